The molecule has 2 rings (SSSR count). The fourth-order valence-corrected chi connectivity index (χ4v) is 3.05. The summed E-state index contributed by atoms with van der Waals surface area (Å²) in [7, 11) is 0. The smallest absolute Gasteiger partial charge is 0.410 e. The minimum Gasteiger partial charge on any atom is -0.444 e. The van der Waals surface area contributed by atoms with Crippen molar-refractivity contribution in [3.05, 3.63) is 16.1 Å². The number of nitrogens with zero attached hydrogens (tertiary/aromatic N) is 2. The Kier molecular flexibility index (Phi) is 4.13. The lowest BCUT2D eigenvalue weighted by molar-refractivity contribution is 0.0205. The van der Waals surface area contributed by atoms with Gasteiger partial charge >= 0.3 is 6.09 Å². The van der Waals surface area contributed by atoms with Crippen LogP contribution in [0, 0.1) is 13.1 Å². The van der Waals surface area contributed by atoms with Crippen molar-refractivity contribution < 1.29 is 9.53 Å². The Labute approximate surface area is 118 Å². The van der Waals surface area contributed by atoms with Crippen molar-refractivity contribution >= 4 is 17.4 Å². The minimum atomic E-state index is -0.421. The molecule has 1 amide bonds. The van der Waals surface area contributed by atoms with E-state index < -0.39 is 5.60 Å². The molecule has 0 aliphatic carbocycles. The maximum absolute atomic E-state index is 11.9. The van der Waals surface area contributed by atoms with Gasteiger partial charge in [-0.3, -0.25) is 0 Å². The molecule has 1 aromatic heterocycles. The molecule has 19 heavy (non-hydrogen) atoms. The fourth-order valence-electron chi connectivity index (χ4n) is 2.15. The van der Waals surface area contributed by atoms with E-state index in [9.17, 15) is 4.79 Å². The topological polar surface area (TPSA) is 42.4 Å². The summed E-state index contributed by atoms with van der Waals surface area (Å²) in [5.41, 5.74) is -0.421. The molecule has 1 aromatic rings. The summed E-state index contributed by atoms with van der Waals surface area (Å²) in [4.78, 5) is 19.2. The van der Waals surface area contributed by atoms with Gasteiger partial charge in [0, 0.05) is 23.9 Å². The predicted octanol–water partition coefficient (Wildman–Crippen LogP) is 3.37. The van der Waals surface area contributed by atoms with E-state index in [4.69, 9.17) is 4.74 Å². The van der Waals surface area contributed by atoms with Crippen LogP contribution in [-0.2, 0) is 4.74 Å². The molecule has 0 aromatic carbocycles. The average Bonchev–Trinajstić information content (AvgIpc) is 2.74. The lowest BCUT2D eigenvalue weighted by Crippen LogP contribution is -2.41. The number of carbonyl (C=O) groups excluding carboxylic acids is 1. The highest BCUT2D eigenvalue weighted by Crippen LogP contribution is 2.31. The Morgan fingerprint density at radius 2 is 2.05 bits per heavy atom. The SMILES string of the molecule is Cc1[c]nc(C2CCN(C(=O)OC(C)(C)C)CC2)s1. The number of likely N-dealkylation sites (tertiary alicyclic amines) is 1. The van der Waals surface area contributed by atoms with Gasteiger partial charge in [0.05, 0.1) is 5.01 Å². The van der Waals surface area contributed by atoms with E-state index in [1.165, 1.54) is 0 Å². The first-order valence-electron chi connectivity index (χ1n) is 6.68. The van der Waals surface area contributed by atoms with Crippen molar-refractivity contribution in [3.8, 4) is 0 Å². The van der Waals surface area contributed by atoms with Crippen molar-refractivity contribution in [1.82, 2.24) is 9.88 Å². The van der Waals surface area contributed by atoms with Gasteiger partial charge in [-0.15, -0.1) is 11.3 Å². The third-order valence-corrected chi connectivity index (χ3v) is 4.11. The first kappa shape index (κ1) is 14.3. The monoisotopic (exact) mass is 281 g/mol. The lowest BCUT2D eigenvalue weighted by atomic mass is 9.98. The van der Waals surface area contributed by atoms with Gasteiger partial charge in [-0.2, -0.15) is 0 Å². The molecule has 0 bridgehead atoms. The normalized spacial score (nSPS) is 17.6. The van der Waals surface area contributed by atoms with Gasteiger partial charge in [0.2, 0.25) is 0 Å². The molecule has 1 aliphatic rings. The van der Waals surface area contributed by atoms with Gasteiger partial charge in [0.25, 0.3) is 0 Å². The first-order valence-corrected chi connectivity index (χ1v) is 7.50. The van der Waals surface area contributed by atoms with Crippen molar-refractivity contribution in [2.24, 2.45) is 0 Å². The summed E-state index contributed by atoms with van der Waals surface area (Å²) in [5.74, 6) is 0.466. The molecule has 0 saturated carbocycles. The highest BCUT2D eigenvalue weighted by atomic mass is 32.1. The zero-order valence-corrected chi connectivity index (χ0v) is 12.8. The molecule has 0 unspecified atom stereocenters. The second-order valence-corrected chi connectivity index (χ2v) is 7.20. The van der Waals surface area contributed by atoms with Crippen molar-refractivity contribution in [1.29, 1.82) is 0 Å². The van der Waals surface area contributed by atoms with Crippen LogP contribution in [0.4, 0.5) is 4.79 Å². The Hall–Kier alpha value is -1.10. The molecule has 0 N–H and O–H groups in total. The molecule has 2 heterocycles. The molecule has 4 nitrogen and oxygen atoms in total. The third-order valence-electron chi connectivity index (χ3n) is 3.08. The second-order valence-electron chi connectivity index (χ2n) is 5.96. The highest BCUT2D eigenvalue weighted by Gasteiger charge is 2.28. The number of amides is 1. The lowest BCUT2D eigenvalue weighted by Gasteiger charge is -2.32. The van der Waals surface area contributed by atoms with E-state index in [2.05, 4.69) is 11.2 Å². The Morgan fingerprint density at radius 1 is 1.42 bits per heavy atom. The number of aromatic nitrogens is 1. The van der Waals surface area contributed by atoms with E-state index in [0.717, 1.165) is 35.8 Å². The zero-order valence-electron chi connectivity index (χ0n) is 12.0. The molecule has 105 valence electrons. The van der Waals surface area contributed by atoms with Gasteiger partial charge in [0.1, 0.15) is 11.8 Å². The van der Waals surface area contributed by atoms with Crippen LogP contribution in [0.2, 0.25) is 0 Å². The van der Waals surface area contributed by atoms with Crippen molar-refractivity contribution in [2.45, 2.75) is 52.1 Å². The van der Waals surface area contributed by atoms with E-state index in [1.54, 1.807) is 16.2 Å². The second kappa shape index (κ2) is 5.49. The summed E-state index contributed by atoms with van der Waals surface area (Å²) in [5, 5.41) is 1.15. The summed E-state index contributed by atoms with van der Waals surface area (Å²) in [6, 6.07) is 0. The van der Waals surface area contributed by atoms with Crippen LogP contribution in [0.25, 0.3) is 0 Å². The molecule has 0 atom stereocenters. The largest absolute Gasteiger partial charge is 0.444 e. The zero-order chi connectivity index (χ0) is 14.0. The number of rotatable bonds is 1. The van der Waals surface area contributed by atoms with Gasteiger partial charge in [0.15, 0.2) is 0 Å². The van der Waals surface area contributed by atoms with Crippen LogP contribution in [-0.4, -0.2) is 34.7 Å². The van der Waals surface area contributed by atoms with E-state index in [-0.39, 0.29) is 6.09 Å². The van der Waals surface area contributed by atoms with Gasteiger partial charge in [-0.05, 0) is 40.5 Å². The molecular weight excluding hydrogens is 260 g/mol. The van der Waals surface area contributed by atoms with Crippen LogP contribution in [0.5, 0.6) is 0 Å². The number of hydrogen-bond acceptors (Lipinski definition) is 4. The maximum Gasteiger partial charge on any atom is 0.410 e. The van der Waals surface area contributed by atoms with E-state index >= 15 is 0 Å². The number of hydrogen-bond donors (Lipinski definition) is 0. The molecule has 1 radical (unpaired) electrons. The number of carbonyl (C=O) groups is 1. The molecule has 1 saturated heterocycles. The molecule has 5 heteroatoms. The summed E-state index contributed by atoms with van der Waals surface area (Å²) >= 11 is 1.71. The predicted molar refractivity (Wildman–Crippen MR) is 75.5 cm³/mol. The third kappa shape index (κ3) is 3.93. The Morgan fingerprint density at radius 3 is 2.53 bits per heavy atom. The van der Waals surface area contributed by atoms with Crippen LogP contribution in [0.15, 0.2) is 0 Å². The van der Waals surface area contributed by atoms with Crippen LogP contribution < -0.4 is 0 Å². The van der Waals surface area contributed by atoms with Crippen molar-refractivity contribution in [3.63, 3.8) is 0 Å². The van der Waals surface area contributed by atoms with Crippen LogP contribution in [0.3, 0.4) is 0 Å². The first-order chi connectivity index (χ1) is 8.85. The van der Waals surface area contributed by atoms with Gasteiger partial charge in [-0.25, -0.2) is 9.78 Å². The fraction of sp³-hybridized carbons (Fsp3) is 0.714. The summed E-state index contributed by atoms with van der Waals surface area (Å²) in [6.07, 6.45) is 4.71. The molecule has 0 spiro atoms. The van der Waals surface area contributed by atoms with Gasteiger partial charge < -0.3 is 9.64 Å². The number of thiazole rings is 1. The van der Waals surface area contributed by atoms with E-state index in [0.29, 0.717) is 5.92 Å². The molecule has 1 aliphatic heterocycles. The minimum absolute atomic E-state index is 0.201. The Bertz CT molecular complexity index is 443. The molecular formula is C14H21N2O2S. The van der Waals surface area contributed by atoms with Crippen molar-refractivity contribution in [2.75, 3.05) is 13.1 Å². The number of aryl methyl sites for hydroxylation is 1. The number of piperidine rings is 1. The van der Waals surface area contributed by atoms with Crippen LogP contribution in [0.1, 0.15) is 49.4 Å². The quantitative estimate of drug-likeness (QED) is 0.792. The highest BCUT2D eigenvalue weighted by molar-refractivity contribution is 7.11. The maximum atomic E-state index is 11.9. The van der Waals surface area contributed by atoms with Crippen LogP contribution >= 0.6 is 11.3 Å². The average molecular weight is 281 g/mol. The van der Waals surface area contributed by atoms with Gasteiger partial charge in [-0.1, -0.05) is 0 Å². The summed E-state index contributed by atoms with van der Waals surface area (Å²) < 4.78 is 5.39. The number of ether oxygens (including phenoxy) is 1. The Balaban J connectivity index is 1.87. The standard InChI is InChI=1S/C14H21N2O2S/c1-10-9-15-12(19-10)11-5-7-16(8-6-11)13(17)18-14(2,3)4/h11H,5-8H2,1-4H3. The van der Waals surface area contributed by atoms with E-state index in [1.807, 2.05) is 27.7 Å². The molecule has 1 fully saturated rings. The summed E-state index contributed by atoms with van der Waals surface area (Å²) in [6.45, 7) is 9.21.